The van der Waals surface area contributed by atoms with Gasteiger partial charge in [-0.15, -0.1) is 0 Å². The summed E-state index contributed by atoms with van der Waals surface area (Å²) in [5.41, 5.74) is 3.25. The van der Waals surface area contributed by atoms with Crippen LogP contribution in [0.15, 0.2) is 43.0 Å². The van der Waals surface area contributed by atoms with Crippen molar-refractivity contribution < 1.29 is 4.39 Å². The molecule has 0 saturated heterocycles. The van der Waals surface area contributed by atoms with Crippen molar-refractivity contribution in [3.63, 3.8) is 0 Å². The number of H-pyrrole nitrogens is 1. The molecule has 0 saturated carbocycles. The number of imidazole rings is 1. The fourth-order valence-electron chi connectivity index (χ4n) is 3.43. The van der Waals surface area contributed by atoms with E-state index in [9.17, 15) is 4.39 Å². The van der Waals surface area contributed by atoms with Gasteiger partial charge in [0.1, 0.15) is 17.0 Å². The molecule has 0 fully saturated rings. The van der Waals surface area contributed by atoms with Crippen molar-refractivity contribution in [3.05, 3.63) is 71.2 Å². The molecule has 26 heavy (non-hydrogen) atoms. The number of aromatic amines is 1. The predicted octanol–water partition coefficient (Wildman–Crippen LogP) is 2.79. The van der Waals surface area contributed by atoms with E-state index in [2.05, 4.69) is 25.0 Å². The molecule has 1 aliphatic rings. The average Bonchev–Trinajstić information content (AvgIpc) is 3.28. The molecule has 0 amide bonds. The zero-order valence-electron chi connectivity index (χ0n) is 13.5. The minimum atomic E-state index is -0.416. The topological polar surface area (TPSA) is 75.0 Å². The fourth-order valence-corrected chi connectivity index (χ4v) is 3.57. The SMILES string of the molecule is Fc1cccc2cc([C@@H]3c4nc[nH]c4CCN3c3cncc(Cl)n3)nn12. The van der Waals surface area contributed by atoms with Gasteiger partial charge in [-0.1, -0.05) is 17.7 Å². The first-order valence-electron chi connectivity index (χ1n) is 8.11. The van der Waals surface area contributed by atoms with Crippen LogP contribution < -0.4 is 4.90 Å². The molecule has 0 aliphatic carbocycles. The van der Waals surface area contributed by atoms with Gasteiger partial charge in [0.25, 0.3) is 0 Å². The van der Waals surface area contributed by atoms with Gasteiger partial charge in [0.15, 0.2) is 0 Å². The van der Waals surface area contributed by atoms with Crippen molar-refractivity contribution in [1.82, 2.24) is 29.5 Å². The van der Waals surface area contributed by atoms with Gasteiger partial charge >= 0.3 is 0 Å². The highest BCUT2D eigenvalue weighted by Crippen LogP contribution is 2.36. The molecule has 9 heteroatoms. The number of fused-ring (bicyclic) bond motifs is 2. The Morgan fingerprint density at radius 3 is 3.04 bits per heavy atom. The second-order valence-electron chi connectivity index (χ2n) is 6.07. The predicted molar refractivity (Wildman–Crippen MR) is 93.7 cm³/mol. The number of nitrogens with zero attached hydrogens (tertiary/aromatic N) is 6. The number of nitrogens with one attached hydrogen (secondary N) is 1. The molecule has 7 nitrogen and oxygen atoms in total. The Labute approximate surface area is 152 Å². The standard InChI is InChI=1S/C17H13ClFN7/c18-13-7-20-8-15(23-13)25-5-4-11-16(22-9-21-11)17(25)12-6-10-2-1-3-14(19)26(10)24-12/h1-3,6-9,17H,4-5H2,(H,21,22)/t17-/m1/s1. The van der Waals surface area contributed by atoms with E-state index in [-0.39, 0.29) is 6.04 Å². The third-order valence-electron chi connectivity index (χ3n) is 4.55. The molecule has 1 N–H and O–H groups in total. The Morgan fingerprint density at radius 2 is 2.19 bits per heavy atom. The lowest BCUT2D eigenvalue weighted by Crippen LogP contribution is -2.37. The van der Waals surface area contributed by atoms with Crippen molar-refractivity contribution in [1.29, 1.82) is 0 Å². The molecular formula is C17H13ClFN7. The van der Waals surface area contributed by atoms with Gasteiger partial charge in [-0.3, -0.25) is 4.98 Å². The van der Waals surface area contributed by atoms with E-state index in [0.29, 0.717) is 28.7 Å². The molecule has 0 radical (unpaired) electrons. The van der Waals surface area contributed by atoms with Gasteiger partial charge in [-0.05, 0) is 18.2 Å². The third-order valence-corrected chi connectivity index (χ3v) is 4.73. The molecular weight excluding hydrogens is 357 g/mol. The average molecular weight is 370 g/mol. The van der Waals surface area contributed by atoms with Gasteiger partial charge in [0.2, 0.25) is 5.95 Å². The van der Waals surface area contributed by atoms with Crippen LogP contribution in [0.5, 0.6) is 0 Å². The molecule has 0 bridgehead atoms. The zero-order valence-corrected chi connectivity index (χ0v) is 14.2. The highest BCUT2D eigenvalue weighted by atomic mass is 35.5. The minimum absolute atomic E-state index is 0.308. The molecule has 0 unspecified atom stereocenters. The van der Waals surface area contributed by atoms with Crippen molar-refractivity contribution in [3.8, 4) is 0 Å². The summed E-state index contributed by atoms with van der Waals surface area (Å²) in [6, 6.07) is 6.42. The molecule has 1 aliphatic heterocycles. The van der Waals surface area contributed by atoms with Gasteiger partial charge in [-0.2, -0.15) is 9.49 Å². The van der Waals surface area contributed by atoms with Gasteiger partial charge < -0.3 is 9.88 Å². The number of aromatic nitrogens is 6. The van der Waals surface area contributed by atoms with E-state index < -0.39 is 5.95 Å². The molecule has 4 aromatic rings. The van der Waals surface area contributed by atoms with Crippen LogP contribution in [0, 0.1) is 5.95 Å². The maximum Gasteiger partial charge on any atom is 0.214 e. The van der Waals surface area contributed by atoms with Crippen LogP contribution in [-0.4, -0.2) is 36.1 Å². The van der Waals surface area contributed by atoms with E-state index >= 15 is 0 Å². The first-order valence-corrected chi connectivity index (χ1v) is 8.49. The fraction of sp³-hybridized carbons (Fsp3) is 0.176. The van der Waals surface area contributed by atoms with Gasteiger partial charge in [0.05, 0.1) is 35.6 Å². The second kappa shape index (κ2) is 5.77. The lowest BCUT2D eigenvalue weighted by molar-refractivity contribution is 0.536. The summed E-state index contributed by atoms with van der Waals surface area (Å²) < 4.78 is 15.4. The zero-order chi connectivity index (χ0) is 17.7. The summed E-state index contributed by atoms with van der Waals surface area (Å²) in [5.74, 6) is 0.217. The molecule has 0 aromatic carbocycles. The highest BCUT2D eigenvalue weighted by molar-refractivity contribution is 6.29. The maximum absolute atomic E-state index is 14.1. The van der Waals surface area contributed by atoms with E-state index in [4.69, 9.17) is 11.6 Å². The molecule has 5 rings (SSSR count). The Hall–Kier alpha value is -3.00. The first-order chi connectivity index (χ1) is 12.7. The van der Waals surface area contributed by atoms with E-state index in [0.717, 1.165) is 17.8 Å². The minimum Gasteiger partial charge on any atom is -0.348 e. The van der Waals surface area contributed by atoms with E-state index in [1.54, 1.807) is 18.6 Å². The summed E-state index contributed by atoms with van der Waals surface area (Å²) in [6.07, 6.45) is 5.60. The normalized spacial score (nSPS) is 16.8. The van der Waals surface area contributed by atoms with Crippen LogP contribution in [0.3, 0.4) is 0 Å². The maximum atomic E-state index is 14.1. The molecule has 5 heterocycles. The number of hydrogen-bond donors (Lipinski definition) is 1. The lowest BCUT2D eigenvalue weighted by atomic mass is 10.00. The quantitative estimate of drug-likeness (QED) is 0.550. The Bertz CT molecular complexity index is 1110. The van der Waals surface area contributed by atoms with Crippen LogP contribution in [0.2, 0.25) is 5.15 Å². The number of rotatable bonds is 2. The monoisotopic (exact) mass is 369 g/mol. The van der Waals surface area contributed by atoms with E-state index in [1.165, 1.54) is 16.8 Å². The number of halogens is 2. The van der Waals surface area contributed by atoms with Crippen molar-refractivity contribution in [2.24, 2.45) is 0 Å². The Balaban J connectivity index is 1.69. The van der Waals surface area contributed by atoms with Crippen LogP contribution in [0.25, 0.3) is 5.52 Å². The van der Waals surface area contributed by atoms with Crippen molar-refractivity contribution >= 4 is 22.9 Å². The molecule has 0 spiro atoms. The number of anilines is 1. The van der Waals surface area contributed by atoms with Crippen LogP contribution in [0.1, 0.15) is 23.1 Å². The molecule has 4 aromatic heterocycles. The van der Waals surface area contributed by atoms with Crippen molar-refractivity contribution in [2.45, 2.75) is 12.5 Å². The summed E-state index contributed by atoms with van der Waals surface area (Å²) in [7, 11) is 0. The van der Waals surface area contributed by atoms with Gasteiger partial charge in [-0.25, -0.2) is 14.5 Å². The summed E-state index contributed by atoms with van der Waals surface area (Å²) in [6.45, 7) is 0.686. The second-order valence-corrected chi connectivity index (χ2v) is 6.45. The van der Waals surface area contributed by atoms with E-state index in [1.807, 2.05) is 17.0 Å². The first kappa shape index (κ1) is 15.3. The Kier molecular flexibility index (Phi) is 3.39. The smallest absolute Gasteiger partial charge is 0.214 e. The Morgan fingerprint density at radius 1 is 1.27 bits per heavy atom. The molecule has 1 atom stereocenters. The van der Waals surface area contributed by atoms with Crippen LogP contribution in [0.4, 0.5) is 10.2 Å². The van der Waals surface area contributed by atoms with Crippen molar-refractivity contribution in [2.75, 3.05) is 11.4 Å². The van der Waals surface area contributed by atoms with Gasteiger partial charge in [0, 0.05) is 18.7 Å². The number of pyridine rings is 1. The van der Waals surface area contributed by atoms with Crippen LogP contribution >= 0.6 is 11.6 Å². The third kappa shape index (κ3) is 2.33. The molecule has 130 valence electrons. The highest BCUT2D eigenvalue weighted by Gasteiger charge is 2.34. The lowest BCUT2D eigenvalue weighted by Gasteiger charge is -2.34. The summed E-state index contributed by atoms with van der Waals surface area (Å²) >= 11 is 6.03. The van der Waals surface area contributed by atoms with Crippen LogP contribution in [-0.2, 0) is 6.42 Å². The summed E-state index contributed by atoms with van der Waals surface area (Å²) in [5, 5.41) is 4.79. The summed E-state index contributed by atoms with van der Waals surface area (Å²) in [4.78, 5) is 18.2. The largest absolute Gasteiger partial charge is 0.348 e. The number of hydrogen-bond acceptors (Lipinski definition) is 5.